The van der Waals surface area contributed by atoms with Crippen LogP contribution in [-0.2, 0) is 9.53 Å². The maximum Gasteiger partial charge on any atom is 0.347 e. The minimum absolute atomic E-state index is 0.316. The Morgan fingerprint density at radius 1 is 1.47 bits per heavy atom. The van der Waals surface area contributed by atoms with Crippen molar-refractivity contribution < 1.29 is 14.3 Å². The lowest BCUT2D eigenvalue weighted by molar-refractivity contribution is -0.151. The van der Waals surface area contributed by atoms with Crippen LogP contribution >= 0.6 is 11.6 Å². The Labute approximate surface area is 106 Å². The van der Waals surface area contributed by atoms with Crippen LogP contribution in [0.2, 0.25) is 5.02 Å². The van der Waals surface area contributed by atoms with Gasteiger partial charge in [0.2, 0.25) is 0 Å². The first-order valence-corrected chi connectivity index (χ1v) is 5.85. The molecule has 1 aromatic carbocycles. The van der Waals surface area contributed by atoms with E-state index in [0.29, 0.717) is 29.5 Å². The highest BCUT2D eigenvalue weighted by molar-refractivity contribution is 6.32. The lowest BCUT2D eigenvalue weighted by Crippen LogP contribution is -2.29. The summed E-state index contributed by atoms with van der Waals surface area (Å²) < 4.78 is 10.4. The summed E-state index contributed by atoms with van der Waals surface area (Å²) in [4.78, 5) is 11.6. The smallest absolute Gasteiger partial charge is 0.347 e. The predicted octanol–water partition coefficient (Wildman–Crippen LogP) is 2.64. The Bertz CT molecular complexity index is 375. The standard InChI is InChI=1S/C12H16ClNO3/c1-3-10(12(15)16-4-2)17-11-8(13)6-5-7-9(11)14/h5-7,10H,3-4,14H2,1-2H3. The maximum atomic E-state index is 11.6. The van der Waals surface area contributed by atoms with E-state index in [4.69, 9.17) is 26.8 Å². The van der Waals surface area contributed by atoms with Crippen molar-refractivity contribution in [1.29, 1.82) is 0 Å². The highest BCUT2D eigenvalue weighted by Crippen LogP contribution is 2.31. The largest absolute Gasteiger partial charge is 0.475 e. The Balaban J connectivity index is 2.84. The van der Waals surface area contributed by atoms with E-state index in [9.17, 15) is 4.79 Å². The molecule has 2 N–H and O–H groups in total. The van der Waals surface area contributed by atoms with Gasteiger partial charge in [0.15, 0.2) is 11.9 Å². The van der Waals surface area contributed by atoms with Crippen molar-refractivity contribution in [3.63, 3.8) is 0 Å². The number of para-hydroxylation sites is 1. The fraction of sp³-hybridized carbons (Fsp3) is 0.417. The Morgan fingerprint density at radius 3 is 2.71 bits per heavy atom. The fourth-order valence-electron chi connectivity index (χ4n) is 1.33. The lowest BCUT2D eigenvalue weighted by atomic mass is 10.2. The van der Waals surface area contributed by atoms with Crippen LogP contribution in [0.1, 0.15) is 20.3 Å². The van der Waals surface area contributed by atoms with Crippen LogP contribution in [0, 0.1) is 0 Å². The number of ether oxygens (including phenoxy) is 2. The van der Waals surface area contributed by atoms with Gasteiger partial charge in [0.1, 0.15) is 0 Å². The van der Waals surface area contributed by atoms with Crippen LogP contribution in [-0.4, -0.2) is 18.7 Å². The molecule has 5 heteroatoms. The molecule has 17 heavy (non-hydrogen) atoms. The number of esters is 1. The molecule has 0 bridgehead atoms. The number of anilines is 1. The van der Waals surface area contributed by atoms with E-state index in [1.807, 2.05) is 6.92 Å². The molecule has 0 heterocycles. The van der Waals surface area contributed by atoms with Gasteiger partial charge in [0.05, 0.1) is 17.3 Å². The van der Waals surface area contributed by atoms with Gasteiger partial charge in [0.25, 0.3) is 0 Å². The Hall–Kier alpha value is -1.42. The average Bonchev–Trinajstić information content (AvgIpc) is 2.29. The number of rotatable bonds is 5. The highest BCUT2D eigenvalue weighted by atomic mass is 35.5. The third-order valence-electron chi connectivity index (χ3n) is 2.18. The molecule has 1 atom stereocenters. The molecule has 1 aromatic rings. The van der Waals surface area contributed by atoms with E-state index < -0.39 is 12.1 Å². The molecule has 0 saturated heterocycles. The van der Waals surface area contributed by atoms with Crippen molar-refractivity contribution in [3.05, 3.63) is 23.2 Å². The number of carbonyl (C=O) groups excluding carboxylic acids is 1. The number of nitrogens with two attached hydrogens (primary N) is 1. The van der Waals surface area contributed by atoms with Crippen LogP contribution < -0.4 is 10.5 Å². The Morgan fingerprint density at radius 2 is 2.18 bits per heavy atom. The Kier molecular flexibility index (Phi) is 5.10. The molecule has 0 fully saturated rings. The summed E-state index contributed by atoms with van der Waals surface area (Å²) in [7, 11) is 0. The average molecular weight is 258 g/mol. The zero-order valence-electron chi connectivity index (χ0n) is 9.90. The first kappa shape index (κ1) is 13.6. The molecule has 0 aliphatic rings. The molecule has 94 valence electrons. The molecule has 1 rings (SSSR count). The first-order valence-electron chi connectivity index (χ1n) is 5.47. The van der Waals surface area contributed by atoms with Gasteiger partial charge in [-0.05, 0) is 25.5 Å². The van der Waals surface area contributed by atoms with E-state index in [-0.39, 0.29) is 0 Å². The van der Waals surface area contributed by atoms with Crippen LogP contribution in [0.3, 0.4) is 0 Å². The third-order valence-corrected chi connectivity index (χ3v) is 2.48. The molecule has 0 aromatic heterocycles. The normalized spacial score (nSPS) is 11.9. The van der Waals surface area contributed by atoms with Crippen LogP contribution in [0.4, 0.5) is 5.69 Å². The number of halogens is 1. The van der Waals surface area contributed by atoms with Crippen LogP contribution in [0.15, 0.2) is 18.2 Å². The summed E-state index contributed by atoms with van der Waals surface area (Å²) in [5, 5.41) is 0.382. The summed E-state index contributed by atoms with van der Waals surface area (Å²) in [5.74, 6) is -0.0802. The second kappa shape index (κ2) is 6.35. The number of hydrogen-bond donors (Lipinski definition) is 1. The molecular formula is C12H16ClNO3. The van der Waals surface area contributed by atoms with Gasteiger partial charge in [-0.15, -0.1) is 0 Å². The summed E-state index contributed by atoms with van der Waals surface area (Å²) in [5.41, 5.74) is 6.14. The number of carbonyl (C=O) groups is 1. The lowest BCUT2D eigenvalue weighted by Gasteiger charge is -2.18. The first-order chi connectivity index (χ1) is 8.10. The van der Waals surface area contributed by atoms with Crippen molar-refractivity contribution >= 4 is 23.3 Å². The summed E-state index contributed by atoms with van der Waals surface area (Å²) in [6, 6.07) is 5.04. The van der Waals surface area contributed by atoms with Crippen molar-refractivity contribution in [1.82, 2.24) is 0 Å². The molecule has 0 aliphatic carbocycles. The van der Waals surface area contributed by atoms with Crippen molar-refractivity contribution in [2.24, 2.45) is 0 Å². The van der Waals surface area contributed by atoms with Crippen LogP contribution in [0.25, 0.3) is 0 Å². The van der Waals surface area contributed by atoms with E-state index in [2.05, 4.69) is 0 Å². The van der Waals surface area contributed by atoms with Crippen molar-refractivity contribution in [3.8, 4) is 5.75 Å². The monoisotopic (exact) mass is 257 g/mol. The summed E-state index contributed by atoms with van der Waals surface area (Å²) in [6.07, 6.45) is -0.194. The maximum absolute atomic E-state index is 11.6. The predicted molar refractivity (Wildman–Crippen MR) is 67.2 cm³/mol. The number of nitrogen functional groups attached to an aromatic ring is 1. The van der Waals surface area contributed by atoms with E-state index >= 15 is 0 Å². The quantitative estimate of drug-likeness (QED) is 0.651. The molecule has 0 aliphatic heterocycles. The van der Waals surface area contributed by atoms with Crippen LogP contribution in [0.5, 0.6) is 5.75 Å². The molecular weight excluding hydrogens is 242 g/mol. The molecule has 0 amide bonds. The van der Waals surface area contributed by atoms with Gasteiger partial charge in [0, 0.05) is 0 Å². The van der Waals surface area contributed by atoms with Gasteiger partial charge in [-0.25, -0.2) is 4.79 Å². The zero-order chi connectivity index (χ0) is 12.8. The number of hydrogen-bond acceptors (Lipinski definition) is 4. The van der Waals surface area contributed by atoms with E-state index in [1.54, 1.807) is 25.1 Å². The SMILES string of the molecule is CCOC(=O)C(CC)Oc1c(N)cccc1Cl. The summed E-state index contributed by atoms with van der Waals surface area (Å²) >= 11 is 5.96. The topological polar surface area (TPSA) is 61.5 Å². The highest BCUT2D eigenvalue weighted by Gasteiger charge is 2.21. The fourth-order valence-corrected chi connectivity index (χ4v) is 1.55. The zero-order valence-corrected chi connectivity index (χ0v) is 10.7. The third kappa shape index (κ3) is 3.53. The minimum atomic E-state index is -0.683. The van der Waals surface area contributed by atoms with Crippen molar-refractivity contribution in [2.75, 3.05) is 12.3 Å². The summed E-state index contributed by atoms with van der Waals surface area (Å²) in [6.45, 7) is 3.89. The number of benzene rings is 1. The second-order valence-electron chi connectivity index (χ2n) is 3.42. The van der Waals surface area contributed by atoms with Crippen molar-refractivity contribution in [2.45, 2.75) is 26.4 Å². The van der Waals surface area contributed by atoms with Gasteiger partial charge in [-0.2, -0.15) is 0 Å². The molecule has 4 nitrogen and oxygen atoms in total. The minimum Gasteiger partial charge on any atom is -0.475 e. The molecule has 0 radical (unpaired) electrons. The second-order valence-corrected chi connectivity index (χ2v) is 3.83. The van der Waals surface area contributed by atoms with Gasteiger partial charge < -0.3 is 15.2 Å². The van der Waals surface area contributed by atoms with Gasteiger partial charge in [-0.1, -0.05) is 24.6 Å². The van der Waals surface area contributed by atoms with E-state index in [1.165, 1.54) is 0 Å². The van der Waals surface area contributed by atoms with Gasteiger partial charge in [-0.3, -0.25) is 0 Å². The molecule has 1 unspecified atom stereocenters. The molecule has 0 saturated carbocycles. The van der Waals surface area contributed by atoms with E-state index in [0.717, 1.165) is 0 Å². The molecule has 0 spiro atoms. The van der Waals surface area contributed by atoms with Gasteiger partial charge >= 0.3 is 5.97 Å².